The fourth-order valence-corrected chi connectivity index (χ4v) is 28.3. The van der Waals surface area contributed by atoms with Gasteiger partial charge >= 0.3 is 0 Å². The molecule has 0 fully saturated rings. The zero-order valence-corrected chi connectivity index (χ0v) is 77.2. The second-order valence-electron chi connectivity index (χ2n) is 41.6. The summed E-state index contributed by atoms with van der Waals surface area (Å²) >= 11 is 0. The number of fused-ring (bicyclic) bond motifs is 42. The van der Waals surface area contributed by atoms with Gasteiger partial charge < -0.3 is 14.7 Å². The standard InChI is InChI=1S/4C33H22N2/c1-2-9-27-19(5-1)11-23-14-24-15-25-16-26-13-21-7-3-6-20-12-22-8-4-10-34-33(22)35(32(20)21)31(26)18-30(25)29(24)17-28(23)27;1-2-8-25-19(5-1)13-20-10-11-26-27-18-31-24(15-23(27)16-28(26)32(20)25)14-21-6-3-7-22-17-29-30(9-4-12-34-29)35(31)33(21)22;1-2-7-27-19(4-1)10-23-13-24-14-25-15-26-12-22-6-3-5-21-11-20-8-9-34-18-32(20)35(33(21)22)31(26)17-30(25)29(24)16-28(23)27;1-2-7-26-19(4-1)12-20-8-9-27-28-17-31-24(15-23(28)16-29(27)32(20)26)13-21-5-3-6-22-14-25-18-34-11-10-30(25)35(31)33(21)22/h1-10,14,16-18H,11-13,15H2;1-12,15,18H,13-14,16-17H2;1-9,13,15-18H,10-12,14H2;1-11,15,17-18H,12-14,16H2. The average molecular weight is 1790 g/mol. The van der Waals surface area contributed by atoms with E-state index in [1.807, 2.05) is 31.0 Å². The molecule has 0 bridgehead atoms. The summed E-state index contributed by atoms with van der Waals surface area (Å²) in [5.41, 5.74) is 83.1. The SMILES string of the molecule is c1ccc2c(c1)Cc1cc3c(cc1-2)-c1cc2c(cc1C3)Cc1cccc3c1N2c1cnccc1C3.c1ccc2c(c1)Cc1cc3c(cc1-2)-c1cc2c(cc1C3)Cc1cccc3c1N2c1ncccc1C3.c1ccc2c(c1)Cc1ccc3c(c1-2)Cc1cc2c(cc1-3)N1c3cccnc3Cc3cccc(c31)C2.c1ccc2c(c1)Cc1ccc3c(c1-2)Cc1cc2c(cc1-3)N1c3ccncc3Cc3cccc(c31)C2. The molecule has 8 aliphatic carbocycles. The van der Waals surface area contributed by atoms with Crippen molar-refractivity contribution in [2.24, 2.45) is 0 Å². The molecule has 0 spiro atoms. The Morgan fingerprint density at radius 2 is 0.486 bits per heavy atom. The molecule has 20 aromatic rings. The van der Waals surface area contributed by atoms with E-state index in [0.717, 1.165) is 109 Å². The fraction of sp³-hybridized carbons (Fsp3) is 0.121. The van der Waals surface area contributed by atoms with Gasteiger partial charge in [-0.3, -0.25) is 19.9 Å². The van der Waals surface area contributed by atoms with Crippen molar-refractivity contribution in [1.29, 1.82) is 0 Å². The number of nitrogens with zero attached hydrogens (tertiary/aromatic N) is 8. The summed E-state index contributed by atoms with van der Waals surface area (Å²) in [5, 5.41) is 0. The van der Waals surface area contributed by atoms with Crippen LogP contribution < -0.4 is 19.6 Å². The normalized spacial score (nSPS) is 14.9. The van der Waals surface area contributed by atoms with Gasteiger partial charge in [0.1, 0.15) is 5.82 Å². The molecule has 12 heterocycles. The van der Waals surface area contributed by atoms with E-state index in [2.05, 4.69) is 339 Å². The first-order valence-corrected chi connectivity index (χ1v) is 50.3. The van der Waals surface area contributed by atoms with Crippen molar-refractivity contribution in [2.45, 2.75) is 103 Å². The number of rotatable bonds is 0. The van der Waals surface area contributed by atoms with E-state index in [9.17, 15) is 0 Å². The van der Waals surface area contributed by atoms with Crippen molar-refractivity contribution in [1.82, 2.24) is 19.9 Å². The Labute approximate surface area is 812 Å². The summed E-state index contributed by atoms with van der Waals surface area (Å²) < 4.78 is 0. The van der Waals surface area contributed by atoms with Gasteiger partial charge in [0.25, 0.3) is 0 Å². The summed E-state index contributed by atoms with van der Waals surface area (Å²) in [6.45, 7) is 0. The van der Waals surface area contributed by atoms with Crippen LogP contribution in [0.25, 0.3) is 89.0 Å². The van der Waals surface area contributed by atoms with Crippen molar-refractivity contribution in [3.8, 4) is 89.0 Å². The number of pyridine rings is 4. The van der Waals surface area contributed by atoms with Gasteiger partial charge in [-0.15, -0.1) is 0 Å². The first-order valence-electron chi connectivity index (χ1n) is 50.3. The largest absolute Gasteiger partial charge is 0.309 e. The molecule has 0 radical (unpaired) electrons. The fourth-order valence-electron chi connectivity index (χ4n) is 28.3. The smallest absolute Gasteiger partial charge is 0.141 e. The highest BCUT2D eigenvalue weighted by molar-refractivity contribution is 6.02. The molecule has 0 atom stereocenters. The van der Waals surface area contributed by atoms with Crippen LogP contribution in [0.5, 0.6) is 0 Å². The molecule has 0 N–H and O–H groups in total. The first-order chi connectivity index (χ1) is 69.3. The quantitative estimate of drug-likeness (QED) is 0.149. The number of para-hydroxylation sites is 4. The molecule has 0 saturated carbocycles. The summed E-state index contributed by atoms with van der Waals surface area (Å²) in [6.07, 6.45) is 27.9. The highest BCUT2D eigenvalue weighted by atomic mass is 15.2. The van der Waals surface area contributed by atoms with Gasteiger partial charge in [-0.25, -0.2) is 4.98 Å². The molecular formula is C132H88N8. The molecule has 140 heavy (non-hydrogen) atoms. The van der Waals surface area contributed by atoms with Crippen LogP contribution in [-0.2, 0) is 103 Å². The molecule has 0 saturated heterocycles. The van der Waals surface area contributed by atoms with Gasteiger partial charge in [0.2, 0.25) is 0 Å². The van der Waals surface area contributed by atoms with Crippen LogP contribution >= 0.6 is 0 Å². The van der Waals surface area contributed by atoms with E-state index in [1.54, 1.807) is 0 Å². The molecule has 0 amide bonds. The minimum Gasteiger partial charge on any atom is -0.309 e. The number of benzene rings is 16. The van der Waals surface area contributed by atoms with Gasteiger partial charge in [0.15, 0.2) is 0 Å². The Morgan fingerprint density at radius 1 is 0.157 bits per heavy atom. The van der Waals surface area contributed by atoms with Gasteiger partial charge in [-0.2, -0.15) is 0 Å². The van der Waals surface area contributed by atoms with E-state index >= 15 is 0 Å². The Hall–Kier alpha value is -16.7. The second kappa shape index (κ2) is 28.5. The van der Waals surface area contributed by atoms with E-state index in [4.69, 9.17) is 9.97 Å². The Kier molecular flexibility index (Phi) is 15.6. The Morgan fingerprint density at radius 3 is 0.993 bits per heavy atom. The summed E-state index contributed by atoms with van der Waals surface area (Å²) in [5.74, 6) is 1.09. The topological polar surface area (TPSA) is 64.5 Å². The maximum absolute atomic E-state index is 4.88. The number of hydrogen-bond acceptors (Lipinski definition) is 8. The van der Waals surface area contributed by atoms with E-state index in [-0.39, 0.29) is 0 Å². The first kappa shape index (κ1) is 76.5. The molecule has 8 heteroatoms. The van der Waals surface area contributed by atoms with Crippen LogP contribution in [0.3, 0.4) is 0 Å². The van der Waals surface area contributed by atoms with Crippen molar-refractivity contribution in [2.75, 3.05) is 19.6 Å². The van der Waals surface area contributed by atoms with Crippen LogP contribution in [0.15, 0.2) is 340 Å². The molecule has 16 aliphatic rings. The van der Waals surface area contributed by atoms with E-state index in [1.165, 1.54) is 330 Å². The highest BCUT2D eigenvalue weighted by Gasteiger charge is 2.43. The van der Waals surface area contributed by atoms with E-state index < -0.39 is 0 Å². The number of aromatic nitrogens is 4. The minimum atomic E-state index is 0.907. The van der Waals surface area contributed by atoms with Crippen molar-refractivity contribution < 1.29 is 0 Å². The predicted octanol–water partition coefficient (Wildman–Crippen LogP) is 30.0. The van der Waals surface area contributed by atoms with Crippen molar-refractivity contribution >= 4 is 68.4 Å². The lowest BCUT2D eigenvalue weighted by atomic mass is 9.85. The van der Waals surface area contributed by atoms with Gasteiger partial charge in [-0.1, -0.05) is 237 Å². The predicted molar refractivity (Wildman–Crippen MR) is 564 cm³/mol. The maximum Gasteiger partial charge on any atom is 0.141 e. The van der Waals surface area contributed by atoms with Crippen molar-refractivity contribution in [3.63, 3.8) is 0 Å². The van der Waals surface area contributed by atoms with Gasteiger partial charge in [-0.05, 0) is 380 Å². The monoisotopic (exact) mass is 1780 g/mol. The lowest BCUT2D eigenvalue weighted by Crippen LogP contribution is -2.25. The van der Waals surface area contributed by atoms with E-state index in [0.29, 0.717) is 0 Å². The maximum atomic E-state index is 4.88. The molecule has 8 nitrogen and oxygen atoms in total. The van der Waals surface area contributed by atoms with Crippen LogP contribution in [0.2, 0.25) is 0 Å². The molecular weight excluding hydrogens is 1700 g/mol. The lowest BCUT2D eigenvalue weighted by Gasteiger charge is -2.39. The molecule has 36 rings (SSSR count). The van der Waals surface area contributed by atoms with Crippen LogP contribution in [0, 0.1) is 0 Å². The molecule has 8 aliphatic heterocycles. The summed E-state index contributed by atoms with van der Waals surface area (Å²) in [4.78, 5) is 28.6. The third-order valence-electron chi connectivity index (χ3n) is 34.2. The molecule has 0 unspecified atom stereocenters. The third-order valence-corrected chi connectivity index (χ3v) is 34.2. The summed E-state index contributed by atoms with van der Waals surface area (Å²) in [7, 11) is 0. The molecule has 656 valence electrons. The van der Waals surface area contributed by atoms with Crippen LogP contribution in [0.1, 0.15) is 178 Å². The van der Waals surface area contributed by atoms with Crippen LogP contribution in [0.4, 0.5) is 68.4 Å². The zero-order chi connectivity index (χ0) is 90.7. The van der Waals surface area contributed by atoms with Crippen LogP contribution in [-0.4, -0.2) is 19.9 Å². The molecule has 4 aromatic heterocycles. The number of anilines is 12. The molecule has 16 aromatic carbocycles. The lowest BCUT2D eigenvalue weighted by molar-refractivity contribution is 0.970. The zero-order valence-electron chi connectivity index (χ0n) is 77.2. The van der Waals surface area contributed by atoms with Crippen molar-refractivity contribution in [3.05, 3.63) is 519 Å². The average Bonchev–Trinajstić information content (AvgIpc) is 1.69. The Balaban J connectivity index is 0.0000000829. The Bertz CT molecular complexity index is 8450. The summed E-state index contributed by atoms with van der Waals surface area (Å²) in [6, 6.07) is 115. The number of hydrogen-bond donors (Lipinski definition) is 0. The second-order valence-corrected chi connectivity index (χ2v) is 41.6. The minimum absolute atomic E-state index is 0.907. The third kappa shape index (κ3) is 10.9. The van der Waals surface area contributed by atoms with Gasteiger partial charge in [0, 0.05) is 82.4 Å². The van der Waals surface area contributed by atoms with Gasteiger partial charge in [0.05, 0.1) is 74.5 Å². The highest BCUT2D eigenvalue weighted by Crippen LogP contribution is 2.62.